The van der Waals surface area contributed by atoms with E-state index in [-0.39, 0.29) is 6.04 Å². The molecular weight excluding hydrogens is 336 g/mol. The third kappa shape index (κ3) is 4.50. The Bertz CT molecular complexity index is 819. The highest BCUT2D eigenvalue weighted by Crippen LogP contribution is 2.27. The van der Waals surface area contributed by atoms with Gasteiger partial charge in [-0.3, -0.25) is 0 Å². The SMILES string of the molecule is Cc1cc(-c2ccc(C)c(S(=O)(=O)NC3CCCCCCC3)c2)on1. The van der Waals surface area contributed by atoms with Crippen LogP contribution in [0.4, 0.5) is 0 Å². The van der Waals surface area contributed by atoms with E-state index < -0.39 is 10.0 Å². The van der Waals surface area contributed by atoms with Crippen molar-refractivity contribution >= 4 is 10.0 Å². The van der Waals surface area contributed by atoms with Crippen LogP contribution in [0.1, 0.15) is 56.2 Å². The van der Waals surface area contributed by atoms with Crippen LogP contribution in [0.3, 0.4) is 0 Å². The maximum Gasteiger partial charge on any atom is 0.241 e. The number of benzene rings is 1. The summed E-state index contributed by atoms with van der Waals surface area (Å²) in [7, 11) is -3.55. The minimum atomic E-state index is -3.55. The first-order chi connectivity index (χ1) is 12.0. The van der Waals surface area contributed by atoms with E-state index in [2.05, 4.69) is 9.88 Å². The molecule has 1 aliphatic rings. The van der Waals surface area contributed by atoms with E-state index in [1.54, 1.807) is 6.07 Å². The average Bonchev–Trinajstić information content (AvgIpc) is 2.96. The number of rotatable bonds is 4. The van der Waals surface area contributed by atoms with Crippen LogP contribution in [0.15, 0.2) is 33.7 Å². The lowest BCUT2D eigenvalue weighted by molar-refractivity contribution is 0.426. The van der Waals surface area contributed by atoms with Crippen molar-refractivity contribution in [3.8, 4) is 11.3 Å². The predicted molar refractivity (Wildman–Crippen MR) is 97.8 cm³/mol. The maximum absolute atomic E-state index is 13.0. The molecule has 0 unspecified atom stereocenters. The average molecular weight is 362 g/mol. The number of hydrogen-bond acceptors (Lipinski definition) is 4. The van der Waals surface area contributed by atoms with Gasteiger partial charge >= 0.3 is 0 Å². The van der Waals surface area contributed by atoms with Gasteiger partial charge in [0.1, 0.15) is 0 Å². The smallest absolute Gasteiger partial charge is 0.241 e. The van der Waals surface area contributed by atoms with E-state index in [1.165, 1.54) is 19.3 Å². The second-order valence-corrected chi connectivity index (χ2v) is 8.66. The lowest BCUT2D eigenvalue weighted by atomic mass is 9.97. The van der Waals surface area contributed by atoms with Crippen molar-refractivity contribution in [3.05, 3.63) is 35.5 Å². The summed E-state index contributed by atoms with van der Waals surface area (Å²) in [5, 5.41) is 3.88. The van der Waals surface area contributed by atoms with Crippen molar-refractivity contribution < 1.29 is 12.9 Å². The van der Waals surface area contributed by atoms with Gasteiger partial charge in [-0.05, 0) is 38.3 Å². The van der Waals surface area contributed by atoms with Crippen LogP contribution < -0.4 is 4.72 Å². The van der Waals surface area contributed by atoms with Crippen LogP contribution in [-0.4, -0.2) is 19.6 Å². The van der Waals surface area contributed by atoms with Crippen LogP contribution in [0.5, 0.6) is 0 Å². The molecular formula is C19H26N2O3S. The first-order valence-electron chi connectivity index (χ1n) is 9.02. The molecule has 1 aromatic heterocycles. The second kappa shape index (κ2) is 7.70. The summed E-state index contributed by atoms with van der Waals surface area (Å²) in [4.78, 5) is 0.320. The first kappa shape index (κ1) is 18.1. The molecule has 6 heteroatoms. The molecule has 5 nitrogen and oxygen atoms in total. The number of nitrogens with one attached hydrogen (secondary N) is 1. The minimum absolute atomic E-state index is 0.0286. The zero-order valence-electron chi connectivity index (χ0n) is 14.9. The molecule has 1 aromatic carbocycles. The molecule has 0 bridgehead atoms. The Kier molecular flexibility index (Phi) is 5.59. The van der Waals surface area contributed by atoms with E-state index in [0.29, 0.717) is 10.7 Å². The lowest BCUT2D eigenvalue weighted by Crippen LogP contribution is -2.35. The third-order valence-corrected chi connectivity index (χ3v) is 6.48. The monoisotopic (exact) mass is 362 g/mol. The number of aromatic nitrogens is 1. The highest BCUT2D eigenvalue weighted by Gasteiger charge is 2.23. The molecule has 0 atom stereocenters. The summed E-state index contributed by atoms with van der Waals surface area (Å²) in [5.41, 5.74) is 2.23. The van der Waals surface area contributed by atoms with Crippen LogP contribution in [0.25, 0.3) is 11.3 Å². The summed E-state index contributed by atoms with van der Waals surface area (Å²) >= 11 is 0. The highest BCUT2D eigenvalue weighted by atomic mass is 32.2. The predicted octanol–water partition coefficient (Wildman–Crippen LogP) is 4.35. The number of nitrogens with zero attached hydrogens (tertiary/aromatic N) is 1. The van der Waals surface area contributed by atoms with Gasteiger partial charge in [-0.2, -0.15) is 0 Å². The standard InChI is InChI=1S/C19H26N2O3S/c1-14-10-11-16(18-12-15(2)20-24-18)13-19(14)25(22,23)21-17-8-6-4-3-5-7-9-17/h10-13,17,21H,3-9H2,1-2H3. The Labute approximate surface area is 149 Å². The number of hydrogen-bond donors (Lipinski definition) is 1. The van der Waals surface area contributed by atoms with Gasteiger partial charge in [0.2, 0.25) is 10.0 Å². The fourth-order valence-corrected chi connectivity index (χ4v) is 4.97. The zero-order chi connectivity index (χ0) is 17.9. The molecule has 1 N–H and O–H groups in total. The molecule has 0 radical (unpaired) electrons. The van der Waals surface area contributed by atoms with E-state index in [0.717, 1.165) is 42.5 Å². The Balaban J connectivity index is 1.85. The summed E-state index contributed by atoms with van der Waals surface area (Å²) in [6.07, 6.45) is 7.65. The lowest BCUT2D eigenvalue weighted by Gasteiger charge is -2.21. The molecule has 0 amide bonds. The molecule has 0 spiro atoms. The van der Waals surface area contributed by atoms with E-state index >= 15 is 0 Å². The summed E-state index contributed by atoms with van der Waals surface area (Å²) in [6.45, 7) is 3.66. The molecule has 0 aliphatic heterocycles. The van der Waals surface area contributed by atoms with E-state index in [9.17, 15) is 8.42 Å². The van der Waals surface area contributed by atoms with Crippen molar-refractivity contribution in [2.75, 3.05) is 0 Å². The van der Waals surface area contributed by atoms with Crippen LogP contribution in [0, 0.1) is 13.8 Å². The van der Waals surface area contributed by atoms with Crippen molar-refractivity contribution in [2.45, 2.75) is 69.7 Å². The summed E-state index contributed by atoms with van der Waals surface area (Å²) in [6, 6.07) is 7.20. The van der Waals surface area contributed by atoms with Crippen LogP contribution >= 0.6 is 0 Å². The van der Waals surface area contributed by atoms with Gasteiger partial charge in [0.15, 0.2) is 5.76 Å². The topological polar surface area (TPSA) is 72.2 Å². The third-order valence-electron chi connectivity index (χ3n) is 4.82. The van der Waals surface area contributed by atoms with Gasteiger partial charge in [-0.25, -0.2) is 13.1 Å². The molecule has 1 aliphatic carbocycles. The Hall–Kier alpha value is -1.66. The van der Waals surface area contributed by atoms with Crippen molar-refractivity contribution in [3.63, 3.8) is 0 Å². The molecule has 136 valence electrons. The molecule has 2 aromatic rings. The zero-order valence-corrected chi connectivity index (χ0v) is 15.7. The van der Waals surface area contributed by atoms with Crippen molar-refractivity contribution in [1.29, 1.82) is 0 Å². The quantitative estimate of drug-likeness (QED) is 0.877. The normalized spacial score (nSPS) is 17.2. The Morgan fingerprint density at radius 1 is 1.04 bits per heavy atom. The van der Waals surface area contributed by atoms with Crippen molar-refractivity contribution in [1.82, 2.24) is 9.88 Å². The highest BCUT2D eigenvalue weighted by molar-refractivity contribution is 7.89. The Morgan fingerprint density at radius 3 is 2.36 bits per heavy atom. The second-order valence-electron chi connectivity index (χ2n) is 6.98. The molecule has 1 fully saturated rings. The molecule has 1 saturated carbocycles. The van der Waals surface area contributed by atoms with Crippen LogP contribution in [0.2, 0.25) is 0 Å². The van der Waals surface area contributed by atoms with Gasteiger partial charge < -0.3 is 4.52 Å². The van der Waals surface area contributed by atoms with Crippen molar-refractivity contribution in [2.24, 2.45) is 0 Å². The maximum atomic E-state index is 13.0. The molecule has 0 saturated heterocycles. The van der Waals surface area contributed by atoms with Gasteiger partial charge in [0.25, 0.3) is 0 Å². The van der Waals surface area contributed by atoms with Gasteiger partial charge in [0, 0.05) is 17.7 Å². The van der Waals surface area contributed by atoms with Gasteiger partial charge in [0.05, 0.1) is 10.6 Å². The van der Waals surface area contributed by atoms with Crippen LogP contribution in [-0.2, 0) is 10.0 Å². The van der Waals surface area contributed by atoms with E-state index in [1.807, 2.05) is 32.0 Å². The largest absolute Gasteiger partial charge is 0.356 e. The molecule has 25 heavy (non-hydrogen) atoms. The summed E-state index contributed by atoms with van der Waals surface area (Å²) in [5.74, 6) is 0.583. The minimum Gasteiger partial charge on any atom is -0.356 e. The Morgan fingerprint density at radius 2 is 1.72 bits per heavy atom. The summed E-state index contributed by atoms with van der Waals surface area (Å²) < 4.78 is 34.1. The first-order valence-corrected chi connectivity index (χ1v) is 10.5. The van der Waals surface area contributed by atoms with E-state index in [4.69, 9.17) is 4.52 Å². The fourth-order valence-electron chi connectivity index (χ4n) is 3.40. The number of aryl methyl sites for hydroxylation is 2. The molecule has 1 heterocycles. The molecule has 3 rings (SSSR count). The van der Waals surface area contributed by atoms with Gasteiger partial charge in [-0.1, -0.05) is 49.4 Å². The fraction of sp³-hybridized carbons (Fsp3) is 0.526. The number of sulfonamides is 1. The van der Waals surface area contributed by atoms with Gasteiger partial charge in [-0.15, -0.1) is 0 Å².